The van der Waals surface area contributed by atoms with Gasteiger partial charge in [-0.25, -0.2) is 8.42 Å². The van der Waals surface area contributed by atoms with Gasteiger partial charge in [-0.3, -0.25) is 9.69 Å². The third kappa shape index (κ3) is 5.39. The first kappa shape index (κ1) is 23.7. The van der Waals surface area contributed by atoms with E-state index in [2.05, 4.69) is 11.0 Å². The molecule has 2 aliphatic rings. The van der Waals surface area contributed by atoms with Crippen molar-refractivity contribution in [2.45, 2.75) is 30.7 Å². The maximum Gasteiger partial charge on any atom is 0.253 e. The molecule has 4 rings (SSSR count). The lowest BCUT2D eigenvalue weighted by Gasteiger charge is -2.23. The number of nitriles is 1. The Kier molecular flexibility index (Phi) is 7.35. The molecule has 0 saturated carbocycles. The van der Waals surface area contributed by atoms with E-state index in [1.165, 1.54) is 16.4 Å². The number of amides is 1. The molecule has 174 valence electrons. The minimum absolute atomic E-state index is 0.00850. The van der Waals surface area contributed by atoms with Gasteiger partial charge in [-0.2, -0.15) is 9.57 Å². The number of hydrogen-bond donors (Lipinski definition) is 0. The molecule has 1 amide bonds. The van der Waals surface area contributed by atoms with Gasteiger partial charge < -0.3 is 4.90 Å². The highest BCUT2D eigenvalue weighted by atomic mass is 35.5. The highest BCUT2D eigenvalue weighted by Gasteiger charge is 2.30. The minimum Gasteiger partial charge on any atom is -0.337 e. The average Bonchev–Trinajstić information content (AvgIpc) is 3.28. The van der Waals surface area contributed by atoms with Gasteiger partial charge in [0, 0.05) is 51.4 Å². The van der Waals surface area contributed by atoms with Crippen LogP contribution in [-0.2, 0) is 16.6 Å². The Hall–Kier alpha value is -2.44. The van der Waals surface area contributed by atoms with Gasteiger partial charge in [0.25, 0.3) is 5.91 Å². The molecular weight excluding hydrogens is 460 g/mol. The van der Waals surface area contributed by atoms with E-state index in [0.717, 1.165) is 44.5 Å². The molecular formula is C24H27ClN4O3S. The van der Waals surface area contributed by atoms with Crippen molar-refractivity contribution in [3.63, 3.8) is 0 Å². The first-order valence-electron chi connectivity index (χ1n) is 11.2. The summed E-state index contributed by atoms with van der Waals surface area (Å²) in [7, 11) is -3.71. The van der Waals surface area contributed by atoms with E-state index < -0.39 is 10.0 Å². The van der Waals surface area contributed by atoms with Crippen LogP contribution in [0.2, 0.25) is 5.02 Å². The molecule has 0 radical (unpaired) electrons. The Labute approximate surface area is 200 Å². The summed E-state index contributed by atoms with van der Waals surface area (Å²) < 4.78 is 27.5. The van der Waals surface area contributed by atoms with Crippen LogP contribution in [0, 0.1) is 11.3 Å². The van der Waals surface area contributed by atoms with Gasteiger partial charge in [0.15, 0.2) is 0 Å². The van der Waals surface area contributed by atoms with Gasteiger partial charge in [-0.15, -0.1) is 0 Å². The third-order valence-corrected chi connectivity index (χ3v) is 8.61. The van der Waals surface area contributed by atoms with Crippen LogP contribution >= 0.6 is 11.6 Å². The van der Waals surface area contributed by atoms with E-state index in [9.17, 15) is 13.2 Å². The summed E-state index contributed by atoms with van der Waals surface area (Å²) in [5.41, 5.74) is 2.11. The summed E-state index contributed by atoms with van der Waals surface area (Å²) in [6, 6.07) is 14.2. The number of rotatable bonds is 5. The maximum absolute atomic E-state index is 13.2. The Morgan fingerprint density at radius 1 is 0.939 bits per heavy atom. The molecule has 0 aliphatic carbocycles. The average molecular weight is 487 g/mol. The number of benzene rings is 2. The monoisotopic (exact) mass is 486 g/mol. The van der Waals surface area contributed by atoms with Crippen LogP contribution in [0.4, 0.5) is 0 Å². The Balaban J connectivity index is 1.44. The lowest BCUT2D eigenvalue weighted by Crippen LogP contribution is -2.35. The number of carbonyl (C=O) groups is 1. The van der Waals surface area contributed by atoms with Crippen molar-refractivity contribution in [1.29, 1.82) is 5.26 Å². The maximum atomic E-state index is 13.2. The second-order valence-electron chi connectivity index (χ2n) is 8.49. The van der Waals surface area contributed by atoms with Crippen molar-refractivity contribution < 1.29 is 13.2 Å². The van der Waals surface area contributed by atoms with Crippen LogP contribution in [-0.4, -0.2) is 67.7 Å². The number of sulfonamides is 1. The summed E-state index contributed by atoms with van der Waals surface area (Å²) >= 11 is 6.24. The first-order chi connectivity index (χ1) is 15.9. The Bertz CT molecular complexity index is 1160. The number of hydrogen-bond acceptors (Lipinski definition) is 5. The van der Waals surface area contributed by atoms with Gasteiger partial charge in [0.1, 0.15) is 4.90 Å². The zero-order valence-electron chi connectivity index (χ0n) is 18.4. The van der Waals surface area contributed by atoms with Gasteiger partial charge in [0.2, 0.25) is 10.0 Å². The summed E-state index contributed by atoms with van der Waals surface area (Å²) in [4.78, 5) is 17.3. The van der Waals surface area contributed by atoms with Crippen LogP contribution in [0.25, 0.3) is 0 Å². The Morgan fingerprint density at radius 2 is 1.67 bits per heavy atom. The first-order valence-corrected chi connectivity index (χ1v) is 13.0. The topological polar surface area (TPSA) is 84.7 Å². The second kappa shape index (κ2) is 10.2. The molecule has 7 nitrogen and oxygen atoms in total. The van der Waals surface area contributed by atoms with Crippen molar-refractivity contribution in [3.05, 3.63) is 64.2 Å². The molecule has 2 heterocycles. The highest BCUT2D eigenvalue weighted by molar-refractivity contribution is 7.89. The standard InChI is InChI=1S/C24H27ClN4O3S/c25-22-9-8-21(16-23(22)33(31,32)29-12-1-2-13-29)24(30)28-11-3-10-27(14-15-28)18-20-6-4-19(17-26)5-7-20/h4-9,16H,1-3,10-15,18H2. The van der Waals surface area contributed by atoms with Crippen LogP contribution in [0.5, 0.6) is 0 Å². The number of nitrogens with zero attached hydrogens (tertiary/aromatic N) is 4. The van der Waals surface area contributed by atoms with Gasteiger partial charge in [0.05, 0.1) is 16.7 Å². The zero-order chi connectivity index (χ0) is 23.4. The lowest BCUT2D eigenvalue weighted by molar-refractivity contribution is 0.0761. The molecule has 33 heavy (non-hydrogen) atoms. The fourth-order valence-electron chi connectivity index (χ4n) is 4.36. The van der Waals surface area contributed by atoms with Crippen LogP contribution in [0.3, 0.4) is 0 Å². The fourth-order valence-corrected chi connectivity index (χ4v) is 6.38. The molecule has 9 heteroatoms. The van der Waals surface area contributed by atoms with Crippen molar-refractivity contribution in [3.8, 4) is 6.07 Å². The molecule has 0 bridgehead atoms. The van der Waals surface area contributed by atoms with E-state index in [-0.39, 0.29) is 15.8 Å². The molecule has 2 fully saturated rings. The van der Waals surface area contributed by atoms with Gasteiger partial charge in [-0.05, 0) is 55.2 Å². The summed E-state index contributed by atoms with van der Waals surface area (Å²) in [6.45, 7) is 4.48. The summed E-state index contributed by atoms with van der Waals surface area (Å²) in [5, 5.41) is 9.09. The third-order valence-electron chi connectivity index (χ3n) is 6.23. The predicted octanol–water partition coefficient (Wildman–Crippen LogP) is 3.34. The Morgan fingerprint density at radius 3 is 2.36 bits per heavy atom. The van der Waals surface area contributed by atoms with Crippen molar-refractivity contribution in [1.82, 2.24) is 14.1 Å². The largest absolute Gasteiger partial charge is 0.337 e. The van der Waals surface area contributed by atoms with Crippen molar-refractivity contribution >= 4 is 27.5 Å². The minimum atomic E-state index is -3.71. The van der Waals surface area contributed by atoms with E-state index in [1.807, 2.05) is 24.3 Å². The quantitative estimate of drug-likeness (QED) is 0.647. The normalized spacial score (nSPS) is 18.1. The smallest absolute Gasteiger partial charge is 0.253 e. The SMILES string of the molecule is N#Cc1ccc(CN2CCCN(C(=O)c3ccc(Cl)c(S(=O)(=O)N4CCCC4)c3)CC2)cc1. The fraction of sp³-hybridized carbons (Fsp3) is 0.417. The predicted molar refractivity (Wildman–Crippen MR) is 126 cm³/mol. The van der Waals surface area contributed by atoms with Gasteiger partial charge >= 0.3 is 0 Å². The lowest BCUT2D eigenvalue weighted by atomic mass is 10.1. The molecule has 0 aromatic heterocycles. The molecule has 2 saturated heterocycles. The van der Waals surface area contributed by atoms with E-state index in [1.54, 1.807) is 11.0 Å². The van der Waals surface area contributed by atoms with E-state index >= 15 is 0 Å². The zero-order valence-corrected chi connectivity index (χ0v) is 20.0. The number of carbonyl (C=O) groups excluding carboxylic acids is 1. The number of halogens is 1. The van der Waals surface area contributed by atoms with Crippen LogP contribution in [0.15, 0.2) is 47.4 Å². The van der Waals surface area contributed by atoms with Crippen LogP contribution < -0.4 is 0 Å². The molecule has 0 N–H and O–H groups in total. The molecule has 2 aliphatic heterocycles. The van der Waals surface area contributed by atoms with Crippen molar-refractivity contribution in [2.75, 3.05) is 39.3 Å². The molecule has 0 spiro atoms. The van der Waals surface area contributed by atoms with E-state index in [4.69, 9.17) is 16.9 Å². The van der Waals surface area contributed by atoms with Gasteiger partial charge in [-0.1, -0.05) is 23.7 Å². The van der Waals surface area contributed by atoms with Crippen LogP contribution in [0.1, 0.15) is 40.7 Å². The molecule has 2 aromatic carbocycles. The van der Waals surface area contributed by atoms with Crippen molar-refractivity contribution in [2.24, 2.45) is 0 Å². The molecule has 2 aromatic rings. The summed E-state index contributed by atoms with van der Waals surface area (Å²) in [6.07, 6.45) is 2.50. The molecule has 0 unspecified atom stereocenters. The second-order valence-corrected chi connectivity index (χ2v) is 10.8. The highest BCUT2D eigenvalue weighted by Crippen LogP contribution is 2.28. The van der Waals surface area contributed by atoms with E-state index in [0.29, 0.717) is 37.3 Å². The summed E-state index contributed by atoms with van der Waals surface area (Å²) in [5.74, 6) is -0.176. The molecule has 0 atom stereocenters.